The van der Waals surface area contributed by atoms with E-state index in [1.165, 1.54) is 0 Å². The molecule has 4 rings (SSSR count). The van der Waals surface area contributed by atoms with Crippen molar-refractivity contribution in [2.45, 2.75) is 24.4 Å². The summed E-state index contributed by atoms with van der Waals surface area (Å²) in [6.45, 7) is 0. The number of hydrogen-bond acceptors (Lipinski definition) is 8. The molecule has 45 heavy (non-hydrogen) atoms. The van der Waals surface area contributed by atoms with E-state index < -0.39 is 48.3 Å². The summed E-state index contributed by atoms with van der Waals surface area (Å²) in [7, 11) is 0. The van der Waals surface area contributed by atoms with E-state index in [-0.39, 0.29) is 21.1 Å². The Morgan fingerprint density at radius 1 is 0.333 bits per heavy atom. The number of carbonyl (C=O) groups is 4. The van der Waals surface area contributed by atoms with Crippen molar-refractivity contribution in [2.24, 2.45) is 0 Å². The number of hydrogen-bond donors (Lipinski definition) is 8. The summed E-state index contributed by atoms with van der Waals surface area (Å²) in [5.41, 5.74) is 1.61. The summed E-state index contributed by atoms with van der Waals surface area (Å²) in [6.07, 6.45) is -5.63. The minimum absolute atomic E-state index is 0. The van der Waals surface area contributed by atoms with Crippen molar-refractivity contribution in [1.82, 2.24) is 0 Å². The molecule has 0 saturated carbocycles. The minimum Gasteiger partial charge on any atom is -0.479 e. The number of carboxylic acid groups (broad SMARTS) is 4. The average Bonchev–Trinajstić information content (AvgIpc) is 3.05. The fourth-order valence-corrected chi connectivity index (χ4v) is 3.11. The fraction of sp³-hybridized carbons (Fsp3) is 0.125. The molecule has 0 saturated heterocycles. The second-order valence-corrected chi connectivity index (χ2v) is 8.61. The van der Waals surface area contributed by atoms with Gasteiger partial charge in [-0.25, -0.2) is 19.2 Å². The number of aliphatic hydroxyl groups excluding tert-OH is 4. The largest absolute Gasteiger partial charge is 0.479 e. The second-order valence-electron chi connectivity index (χ2n) is 8.61. The molecule has 0 aliphatic heterocycles. The van der Waals surface area contributed by atoms with Gasteiger partial charge in [-0.05, 0) is 22.3 Å². The maximum absolute atomic E-state index is 10.2. The summed E-state index contributed by atoms with van der Waals surface area (Å²) >= 11 is 0. The molecule has 4 unspecified atom stereocenters. The van der Waals surface area contributed by atoms with Crippen molar-refractivity contribution < 1.29 is 81.1 Å². The molecule has 238 valence electrons. The van der Waals surface area contributed by atoms with Gasteiger partial charge >= 0.3 is 23.9 Å². The number of rotatable bonds is 8. The summed E-state index contributed by atoms with van der Waals surface area (Å²) in [5, 5.41) is 69.5. The Morgan fingerprint density at radius 3 is 0.578 bits per heavy atom. The monoisotopic (exact) mass is 706 g/mol. The Morgan fingerprint density at radius 2 is 0.467 bits per heavy atom. The summed E-state index contributed by atoms with van der Waals surface area (Å²) in [5.74, 6) is -4.90. The smallest absolute Gasteiger partial charge is 0.337 e. The topological polar surface area (TPSA) is 230 Å². The van der Waals surface area contributed by atoms with Gasteiger partial charge < -0.3 is 40.9 Å². The van der Waals surface area contributed by atoms with Gasteiger partial charge in [-0.2, -0.15) is 0 Å². The predicted molar refractivity (Wildman–Crippen MR) is 156 cm³/mol. The van der Waals surface area contributed by atoms with E-state index in [1.54, 1.807) is 121 Å². The van der Waals surface area contributed by atoms with E-state index in [0.717, 1.165) is 0 Å². The first-order valence-electron chi connectivity index (χ1n) is 12.7. The maximum Gasteiger partial charge on any atom is 0.337 e. The number of carboxylic acids is 4. The average molecular weight is 705 g/mol. The minimum atomic E-state index is -1.41. The van der Waals surface area contributed by atoms with Crippen LogP contribution in [0.3, 0.4) is 0 Å². The standard InChI is InChI=1S/4C8H8O3.Mo/c4*9-7(8(10)11)6-4-2-1-3-5-6;/h4*1-5,7,9H,(H,10,11);. The third-order valence-corrected chi connectivity index (χ3v) is 5.40. The molecular formula is C32H32MoO12. The van der Waals surface area contributed by atoms with Gasteiger partial charge in [-0.1, -0.05) is 121 Å². The van der Waals surface area contributed by atoms with Crippen LogP contribution in [0.25, 0.3) is 0 Å². The SMILES string of the molecule is O=C(O)C(O)c1ccccc1.O=C(O)C(O)c1ccccc1.O=C(O)C(O)c1ccccc1.O=C(O)C(O)c1ccccc1.[Mo]. The van der Waals surface area contributed by atoms with E-state index in [0.29, 0.717) is 22.3 Å². The van der Waals surface area contributed by atoms with Crippen molar-refractivity contribution in [3.05, 3.63) is 144 Å². The van der Waals surface area contributed by atoms with Gasteiger partial charge in [0.1, 0.15) is 0 Å². The van der Waals surface area contributed by atoms with Crippen LogP contribution in [-0.4, -0.2) is 64.7 Å². The molecule has 0 spiro atoms. The van der Waals surface area contributed by atoms with Crippen LogP contribution in [0.15, 0.2) is 121 Å². The van der Waals surface area contributed by atoms with E-state index in [4.69, 9.17) is 40.9 Å². The molecule has 12 nitrogen and oxygen atoms in total. The number of aliphatic carboxylic acids is 4. The van der Waals surface area contributed by atoms with Gasteiger partial charge in [0, 0.05) is 21.1 Å². The van der Waals surface area contributed by atoms with Crippen LogP contribution >= 0.6 is 0 Å². The molecule has 0 aromatic heterocycles. The molecule has 0 aliphatic carbocycles. The normalized spacial score (nSPS) is 12.2. The number of benzene rings is 4. The van der Waals surface area contributed by atoms with Crippen molar-refractivity contribution >= 4 is 23.9 Å². The summed E-state index contributed by atoms with van der Waals surface area (Å²) < 4.78 is 0. The first-order chi connectivity index (χ1) is 20.9. The van der Waals surface area contributed by atoms with Crippen LogP contribution in [0.5, 0.6) is 0 Å². The second kappa shape index (κ2) is 21.9. The molecule has 4 aromatic rings. The van der Waals surface area contributed by atoms with Gasteiger partial charge in [0.2, 0.25) is 0 Å². The Bertz CT molecular complexity index is 1200. The molecule has 0 aliphatic rings. The van der Waals surface area contributed by atoms with Crippen LogP contribution < -0.4 is 0 Å². The molecule has 0 fully saturated rings. The molecule has 0 bridgehead atoms. The zero-order valence-electron chi connectivity index (χ0n) is 23.5. The van der Waals surface area contributed by atoms with Crippen LogP contribution in [0.1, 0.15) is 46.7 Å². The molecule has 0 amide bonds. The molecule has 8 N–H and O–H groups in total. The van der Waals surface area contributed by atoms with Gasteiger partial charge in [-0.15, -0.1) is 0 Å². The van der Waals surface area contributed by atoms with Gasteiger partial charge in [-0.3, -0.25) is 0 Å². The summed E-state index contributed by atoms with van der Waals surface area (Å²) in [4.78, 5) is 41.0. The third-order valence-electron chi connectivity index (χ3n) is 5.40. The first-order valence-corrected chi connectivity index (χ1v) is 12.7. The quantitative estimate of drug-likeness (QED) is 0.124. The van der Waals surface area contributed by atoms with Crippen LogP contribution in [0, 0.1) is 0 Å². The van der Waals surface area contributed by atoms with Gasteiger partial charge in [0.15, 0.2) is 24.4 Å². The van der Waals surface area contributed by atoms with Crippen molar-refractivity contribution in [2.75, 3.05) is 0 Å². The summed E-state index contributed by atoms with van der Waals surface area (Å²) in [6, 6.07) is 33.1. The zero-order chi connectivity index (χ0) is 33.1. The third kappa shape index (κ3) is 15.5. The Hall–Kier alpha value is -4.71. The number of aliphatic hydroxyl groups is 4. The van der Waals surface area contributed by atoms with Crippen LogP contribution in [0.2, 0.25) is 0 Å². The van der Waals surface area contributed by atoms with E-state index in [1.807, 2.05) is 0 Å². The van der Waals surface area contributed by atoms with Gasteiger partial charge in [0.25, 0.3) is 0 Å². The molecule has 13 heteroatoms. The van der Waals surface area contributed by atoms with Crippen molar-refractivity contribution in [1.29, 1.82) is 0 Å². The Labute approximate surface area is 272 Å². The molecule has 0 heterocycles. The van der Waals surface area contributed by atoms with Crippen LogP contribution in [-0.2, 0) is 40.2 Å². The van der Waals surface area contributed by atoms with E-state index >= 15 is 0 Å². The van der Waals surface area contributed by atoms with Crippen LogP contribution in [0.4, 0.5) is 0 Å². The molecule has 4 atom stereocenters. The van der Waals surface area contributed by atoms with E-state index in [2.05, 4.69) is 0 Å². The fourth-order valence-electron chi connectivity index (χ4n) is 3.11. The van der Waals surface area contributed by atoms with Gasteiger partial charge in [0.05, 0.1) is 0 Å². The molecular weight excluding hydrogens is 672 g/mol. The zero-order valence-corrected chi connectivity index (χ0v) is 25.5. The first kappa shape index (κ1) is 40.3. The predicted octanol–water partition coefficient (Wildman–Crippen LogP) is 3.22. The molecule has 4 aromatic carbocycles. The van der Waals surface area contributed by atoms with Crippen molar-refractivity contribution in [3.63, 3.8) is 0 Å². The Kier molecular flexibility index (Phi) is 19.6. The molecule has 0 radical (unpaired) electrons. The van der Waals surface area contributed by atoms with E-state index in [9.17, 15) is 19.2 Å². The van der Waals surface area contributed by atoms with Crippen molar-refractivity contribution in [3.8, 4) is 0 Å². The Balaban J connectivity index is 0.000000569. The maximum atomic E-state index is 10.2.